The molecule has 1 heterocycles. The van der Waals surface area contributed by atoms with Gasteiger partial charge in [0, 0.05) is 12.4 Å². The Labute approximate surface area is 88.5 Å². The van der Waals surface area contributed by atoms with E-state index in [1.165, 1.54) is 7.11 Å². The Morgan fingerprint density at radius 1 is 1.79 bits per heavy atom. The molecule has 1 aliphatic rings. The van der Waals surface area contributed by atoms with E-state index >= 15 is 0 Å². The quantitative estimate of drug-likeness (QED) is 0.672. The smallest absolute Gasteiger partial charge is 0.323 e. The Hall–Kier alpha value is -0.260. The molecule has 1 saturated heterocycles. The van der Waals surface area contributed by atoms with E-state index in [0.717, 1.165) is 25.4 Å². The van der Waals surface area contributed by atoms with Gasteiger partial charge in [0.05, 0.1) is 13.7 Å². The van der Waals surface area contributed by atoms with E-state index in [4.69, 9.17) is 10.5 Å². The number of ether oxygens (including phenoxy) is 2. The fourth-order valence-corrected chi connectivity index (χ4v) is 2.42. The van der Waals surface area contributed by atoms with Gasteiger partial charge in [0.25, 0.3) is 0 Å². The Morgan fingerprint density at radius 2 is 2.57 bits per heavy atom. The summed E-state index contributed by atoms with van der Waals surface area (Å²) in [5, 5.41) is 0. The number of hydrogen-bond donors (Lipinski definition) is 1. The molecule has 0 aromatic carbocycles. The van der Waals surface area contributed by atoms with E-state index in [-0.39, 0.29) is 5.97 Å². The van der Waals surface area contributed by atoms with Gasteiger partial charge in [0.2, 0.25) is 0 Å². The summed E-state index contributed by atoms with van der Waals surface area (Å²) in [6, 6.07) is -0.493. The van der Waals surface area contributed by atoms with Crippen molar-refractivity contribution in [3.8, 4) is 0 Å². The van der Waals surface area contributed by atoms with Crippen LogP contribution in [0.4, 0.5) is 0 Å². The van der Waals surface area contributed by atoms with Gasteiger partial charge in [-0.2, -0.15) is 11.8 Å². The Bertz CT molecular complexity index is 183. The predicted molar refractivity (Wildman–Crippen MR) is 56.2 cm³/mol. The standard InChI is InChI=1S/C9H17NO3S/c1-12-9(11)8(10)6-14-5-7-2-3-13-4-7/h7-8H,2-6,10H2,1H3. The second kappa shape index (κ2) is 6.27. The third kappa shape index (κ3) is 3.86. The normalized spacial score (nSPS) is 23.4. The molecule has 2 unspecified atom stereocenters. The van der Waals surface area contributed by atoms with E-state index in [9.17, 15) is 4.79 Å². The van der Waals surface area contributed by atoms with Crippen LogP contribution < -0.4 is 5.73 Å². The molecule has 0 bridgehead atoms. The topological polar surface area (TPSA) is 61.5 Å². The number of esters is 1. The van der Waals surface area contributed by atoms with Crippen LogP contribution in [0.15, 0.2) is 0 Å². The van der Waals surface area contributed by atoms with Gasteiger partial charge in [-0.1, -0.05) is 0 Å². The van der Waals surface area contributed by atoms with Gasteiger partial charge in [0.1, 0.15) is 6.04 Å². The second-order valence-corrected chi connectivity index (χ2v) is 4.47. The van der Waals surface area contributed by atoms with Crippen LogP contribution in [0.25, 0.3) is 0 Å². The average Bonchev–Trinajstić information content (AvgIpc) is 2.69. The lowest BCUT2D eigenvalue weighted by molar-refractivity contribution is -0.141. The zero-order chi connectivity index (χ0) is 10.4. The maximum atomic E-state index is 11.0. The van der Waals surface area contributed by atoms with E-state index in [0.29, 0.717) is 11.7 Å². The highest BCUT2D eigenvalue weighted by Gasteiger charge is 2.18. The average molecular weight is 219 g/mol. The molecule has 0 aromatic rings. The molecular formula is C9H17NO3S. The number of methoxy groups -OCH3 is 1. The van der Waals surface area contributed by atoms with Crippen LogP contribution in [0, 0.1) is 5.92 Å². The van der Waals surface area contributed by atoms with Crippen molar-refractivity contribution < 1.29 is 14.3 Å². The minimum atomic E-state index is -0.493. The molecule has 2 atom stereocenters. The third-order valence-electron chi connectivity index (χ3n) is 2.18. The largest absolute Gasteiger partial charge is 0.468 e. The molecular weight excluding hydrogens is 202 g/mol. The Kier molecular flexibility index (Phi) is 5.29. The van der Waals surface area contributed by atoms with Crippen molar-refractivity contribution in [3.05, 3.63) is 0 Å². The van der Waals surface area contributed by atoms with Gasteiger partial charge in [-0.25, -0.2) is 0 Å². The maximum absolute atomic E-state index is 11.0. The SMILES string of the molecule is COC(=O)C(N)CSCC1CCOC1. The summed E-state index contributed by atoms with van der Waals surface area (Å²) >= 11 is 1.70. The van der Waals surface area contributed by atoms with Crippen LogP contribution in [0.5, 0.6) is 0 Å². The van der Waals surface area contributed by atoms with Gasteiger partial charge >= 0.3 is 5.97 Å². The van der Waals surface area contributed by atoms with E-state index < -0.39 is 6.04 Å². The van der Waals surface area contributed by atoms with Gasteiger partial charge in [-0.05, 0) is 18.1 Å². The highest BCUT2D eigenvalue weighted by molar-refractivity contribution is 7.99. The fourth-order valence-electron chi connectivity index (χ4n) is 1.30. The van der Waals surface area contributed by atoms with E-state index in [2.05, 4.69) is 4.74 Å². The minimum absolute atomic E-state index is 0.333. The number of rotatable bonds is 5. The van der Waals surface area contributed by atoms with Crippen molar-refractivity contribution >= 4 is 17.7 Å². The van der Waals surface area contributed by atoms with Crippen molar-refractivity contribution in [2.24, 2.45) is 11.7 Å². The van der Waals surface area contributed by atoms with Crippen LogP contribution in [-0.2, 0) is 14.3 Å². The van der Waals surface area contributed by atoms with Gasteiger partial charge in [0.15, 0.2) is 0 Å². The molecule has 1 aliphatic heterocycles. The molecule has 0 radical (unpaired) electrons. The summed E-state index contributed by atoms with van der Waals surface area (Å²) < 4.78 is 9.78. The van der Waals surface area contributed by atoms with Crippen LogP contribution >= 0.6 is 11.8 Å². The van der Waals surface area contributed by atoms with Crippen molar-refractivity contribution in [1.29, 1.82) is 0 Å². The highest BCUT2D eigenvalue weighted by Crippen LogP contribution is 2.18. The lowest BCUT2D eigenvalue weighted by Crippen LogP contribution is -2.34. The highest BCUT2D eigenvalue weighted by atomic mass is 32.2. The molecule has 5 heteroatoms. The van der Waals surface area contributed by atoms with Crippen molar-refractivity contribution in [3.63, 3.8) is 0 Å². The number of carbonyl (C=O) groups is 1. The van der Waals surface area contributed by atoms with Crippen molar-refractivity contribution in [2.75, 3.05) is 31.8 Å². The van der Waals surface area contributed by atoms with Gasteiger partial charge in [-0.3, -0.25) is 4.79 Å². The minimum Gasteiger partial charge on any atom is -0.468 e. The molecule has 2 N–H and O–H groups in total. The summed E-state index contributed by atoms with van der Waals surface area (Å²) in [6.07, 6.45) is 1.13. The molecule has 0 amide bonds. The van der Waals surface area contributed by atoms with E-state index in [1.54, 1.807) is 11.8 Å². The lowest BCUT2D eigenvalue weighted by atomic mass is 10.2. The molecule has 0 aromatic heterocycles. The van der Waals surface area contributed by atoms with Crippen molar-refractivity contribution in [1.82, 2.24) is 0 Å². The molecule has 14 heavy (non-hydrogen) atoms. The first-order valence-electron chi connectivity index (χ1n) is 4.73. The monoisotopic (exact) mass is 219 g/mol. The zero-order valence-corrected chi connectivity index (χ0v) is 9.22. The summed E-state index contributed by atoms with van der Waals surface area (Å²) in [7, 11) is 1.36. The van der Waals surface area contributed by atoms with Crippen LogP contribution in [0.3, 0.4) is 0 Å². The van der Waals surface area contributed by atoms with Gasteiger partial charge in [-0.15, -0.1) is 0 Å². The third-order valence-corrected chi connectivity index (χ3v) is 3.48. The number of hydrogen-bond acceptors (Lipinski definition) is 5. The molecule has 4 nitrogen and oxygen atoms in total. The number of thioether (sulfide) groups is 1. The van der Waals surface area contributed by atoms with E-state index in [1.807, 2.05) is 0 Å². The first-order chi connectivity index (χ1) is 6.74. The lowest BCUT2D eigenvalue weighted by Gasteiger charge is -2.10. The predicted octanol–water partition coefficient (Wildman–Crippen LogP) is 0.256. The zero-order valence-electron chi connectivity index (χ0n) is 8.40. The molecule has 1 fully saturated rings. The summed E-state index contributed by atoms with van der Waals surface area (Å²) in [6.45, 7) is 1.72. The number of nitrogens with two attached hydrogens (primary N) is 1. The summed E-state index contributed by atoms with van der Waals surface area (Å²) in [5.74, 6) is 1.94. The summed E-state index contributed by atoms with van der Waals surface area (Å²) in [4.78, 5) is 11.0. The fraction of sp³-hybridized carbons (Fsp3) is 0.889. The second-order valence-electron chi connectivity index (χ2n) is 3.40. The molecule has 1 rings (SSSR count). The molecule has 0 saturated carbocycles. The Balaban J connectivity index is 2.05. The summed E-state index contributed by atoms with van der Waals surface area (Å²) in [5.41, 5.74) is 5.59. The molecule has 82 valence electrons. The number of carbonyl (C=O) groups excluding carboxylic acids is 1. The van der Waals surface area contributed by atoms with Crippen molar-refractivity contribution in [2.45, 2.75) is 12.5 Å². The molecule has 0 aliphatic carbocycles. The molecule has 0 spiro atoms. The maximum Gasteiger partial charge on any atom is 0.323 e. The van der Waals surface area contributed by atoms with Crippen LogP contribution in [0.2, 0.25) is 0 Å². The van der Waals surface area contributed by atoms with Gasteiger partial charge < -0.3 is 15.2 Å². The first kappa shape index (κ1) is 11.8. The Morgan fingerprint density at radius 3 is 3.14 bits per heavy atom. The van der Waals surface area contributed by atoms with Crippen LogP contribution in [-0.4, -0.2) is 43.8 Å². The van der Waals surface area contributed by atoms with Crippen LogP contribution in [0.1, 0.15) is 6.42 Å². The first-order valence-corrected chi connectivity index (χ1v) is 5.88.